The fourth-order valence-electron chi connectivity index (χ4n) is 2.63. The molecule has 108 valence electrons. The van der Waals surface area contributed by atoms with Crippen molar-refractivity contribution in [3.63, 3.8) is 0 Å². The van der Waals surface area contributed by atoms with Crippen LogP contribution in [0.3, 0.4) is 0 Å². The minimum atomic E-state index is 0.317. The molecular weight excluding hydrogens is 268 g/mol. The maximum atomic E-state index is 4.26. The summed E-state index contributed by atoms with van der Waals surface area (Å²) >= 11 is 1.73. The summed E-state index contributed by atoms with van der Waals surface area (Å²) < 4.78 is 1.81. The number of nitrogens with zero attached hydrogens (tertiary/aromatic N) is 3. The molecule has 1 atom stereocenters. The van der Waals surface area contributed by atoms with Crippen LogP contribution < -0.4 is 5.32 Å². The van der Waals surface area contributed by atoms with Gasteiger partial charge in [-0.3, -0.25) is 0 Å². The van der Waals surface area contributed by atoms with E-state index in [1.807, 2.05) is 18.8 Å². The average molecular weight is 290 g/mol. The predicted octanol–water partition coefficient (Wildman–Crippen LogP) is 2.79. The summed E-state index contributed by atoms with van der Waals surface area (Å²) in [7, 11) is 3.94. The zero-order chi connectivity index (χ0) is 14.7. The lowest BCUT2D eigenvalue weighted by molar-refractivity contribution is 0.646. The van der Waals surface area contributed by atoms with E-state index in [1.54, 1.807) is 18.1 Å². The fraction of sp³-hybridized carbons (Fsp3) is 0.467. The first-order valence-electron chi connectivity index (χ1n) is 6.74. The molecule has 0 radical (unpaired) electrons. The van der Waals surface area contributed by atoms with E-state index in [9.17, 15) is 0 Å². The average Bonchev–Trinajstić information content (AvgIpc) is 2.78. The third kappa shape index (κ3) is 3.22. The Morgan fingerprint density at radius 3 is 2.40 bits per heavy atom. The Hall–Kier alpha value is -1.33. The summed E-state index contributed by atoms with van der Waals surface area (Å²) in [5.41, 5.74) is 5.41. The monoisotopic (exact) mass is 290 g/mol. The highest BCUT2D eigenvalue weighted by molar-refractivity contribution is 7.99. The molecule has 5 heteroatoms. The maximum Gasteiger partial charge on any atom is 0.185 e. The Labute approximate surface area is 125 Å². The van der Waals surface area contributed by atoms with Gasteiger partial charge in [0.15, 0.2) is 5.16 Å². The van der Waals surface area contributed by atoms with Gasteiger partial charge in [0.2, 0.25) is 0 Å². The van der Waals surface area contributed by atoms with E-state index in [4.69, 9.17) is 0 Å². The van der Waals surface area contributed by atoms with Gasteiger partial charge in [-0.15, -0.1) is 0 Å². The lowest BCUT2D eigenvalue weighted by Gasteiger charge is -2.21. The Morgan fingerprint density at radius 1 is 1.25 bits per heavy atom. The van der Waals surface area contributed by atoms with Crippen molar-refractivity contribution in [1.82, 2.24) is 20.1 Å². The van der Waals surface area contributed by atoms with Crippen LogP contribution >= 0.6 is 11.8 Å². The van der Waals surface area contributed by atoms with E-state index < -0.39 is 0 Å². The molecule has 0 saturated carbocycles. The van der Waals surface area contributed by atoms with Crippen LogP contribution in [0.5, 0.6) is 0 Å². The zero-order valence-electron chi connectivity index (χ0n) is 12.8. The third-order valence-corrected chi connectivity index (χ3v) is 4.61. The molecule has 0 amide bonds. The van der Waals surface area contributed by atoms with Gasteiger partial charge < -0.3 is 5.32 Å². The van der Waals surface area contributed by atoms with Crippen LogP contribution in [0.1, 0.15) is 28.3 Å². The van der Waals surface area contributed by atoms with Crippen LogP contribution in [0.15, 0.2) is 23.6 Å². The lowest BCUT2D eigenvalue weighted by atomic mass is 9.95. The molecule has 0 saturated heterocycles. The molecule has 0 fully saturated rings. The van der Waals surface area contributed by atoms with Crippen LogP contribution in [-0.2, 0) is 7.05 Å². The number of benzene rings is 1. The number of aryl methyl sites for hydroxylation is 4. The molecule has 0 aliphatic heterocycles. The van der Waals surface area contributed by atoms with Crippen molar-refractivity contribution >= 4 is 11.8 Å². The third-order valence-electron chi connectivity index (χ3n) is 3.48. The largest absolute Gasteiger partial charge is 0.312 e. The van der Waals surface area contributed by atoms with E-state index in [-0.39, 0.29) is 0 Å². The van der Waals surface area contributed by atoms with Crippen LogP contribution in [0.4, 0.5) is 0 Å². The minimum absolute atomic E-state index is 0.317. The second-order valence-electron chi connectivity index (χ2n) is 5.13. The van der Waals surface area contributed by atoms with Crippen molar-refractivity contribution in [3.05, 3.63) is 40.7 Å². The van der Waals surface area contributed by atoms with Crippen molar-refractivity contribution in [2.75, 3.05) is 12.8 Å². The van der Waals surface area contributed by atoms with Crippen molar-refractivity contribution < 1.29 is 0 Å². The van der Waals surface area contributed by atoms with Crippen LogP contribution in [0.25, 0.3) is 0 Å². The highest BCUT2D eigenvalue weighted by Gasteiger charge is 2.16. The van der Waals surface area contributed by atoms with E-state index >= 15 is 0 Å². The molecular formula is C15H22N4S. The van der Waals surface area contributed by atoms with Gasteiger partial charge in [0, 0.05) is 18.8 Å². The standard InChI is InChI=1S/C15H22N4S/c1-10-6-11(2)14(12(3)7-10)13(16-4)8-20-15-17-9-18-19(15)5/h6-7,9,13,16H,8H2,1-5H3. The molecule has 0 aliphatic rings. The number of aromatic nitrogens is 3. The summed E-state index contributed by atoms with van der Waals surface area (Å²) in [6, 6.07) is 4.82. The molecule has 1 aromatic carbocycles. The first kappa shape index (κ1) is 15.1. The van der Waals surface area contributed by atoms with Gasteiger partial charge in [0.1, 0.15) is 6.33 Å². The number of hydrogen-bond acceptors (Lipinski definition) is 4. The molecule has 4 nitrogen and oxygen atoms in total. The van der Waals surface area contributed by atoms with Crippen molar-refractivity contribution in [3.8, 4) is 0 Å². The van der Waals surface area contributed by atoms with Crippen molar-refractivity contribution in [2.24, 2.45) is 7.05 Å². The molecule has 0 aliphatic carbocycles. The predicted molar refractivity (Wildman–Crippen MR) is 84.2 cm³/mol. The summed E-state index contributed by atoms with van der Waals surface area (Å²) in [4.78, 5) is 4.26. The van der Waals surface area contributed by atoms with Crippen molar-refractivity contribution in [1.29, 1.82) is 0 Å². The number of nitrogens with one attached hydrogen (secondary N) is 1. The molecule has 1 heterocycles. The van der Waals surface area contributed by atoms with Gasteiger partial charge in [-0.1, -0.05) is 29.5 Å². The topological polar surface area (TPSA) is 42.7 Å². The van der Waals surface area contributed by atoms with E-state index in [0.717, 1.165) is 10.9 Å². The van der Waals surface area contributed by atoms with Gasteiger partial charge in [-0.05, 0) is 44.5 Å². The van der Waals surface area contributed by atoms with Crippen LogP contribution in [-0.4, -0.2) is 27.6 Å². The summed E-state index contributed by atoms with van der Waals surface area (Å²) in [5, 5.41) is 8.48. The van der Waals surface area contributed by atoms with Crippen molar-refractivity contribution in [2.45, 2.75) is 32.0 Å². The Bertz CT molecular complexity index is 568. The van der Waals surface area contributed by atoms with E-state index in [0.29, 0.717) is 6.04 Å². The van der Waals surface area contributed by atoms with E-state index in [1.165, 1.54) is 22.3 Å². The Kier molecular flexibility index (Phi) is 4.83. The molecule has 20 heavy (non-hydrogen) atoms. The Morgan fingerprint density at radius 2 is 1.90 bits per heavy atom. The van der Waals surface area contributed by atoms with Gasteiger partial charge in [0.25, 0.3) is 0 Å². The quantitative estimate of drug-likeness (QED) is 0.860. The second-order valence-corrected chi connectivity index (χ2v) is 6.12. The van der Waals surface area contributed by atoms with E-state index in [2.05, 4.69) is 48.3 Å². The highest BCUT2D eigenvalue weighted by Crippen LogP contribution is 2.28. The lowest BCUT2D eigenvalue weighted by Crippen LogP contribution is -2.21. The smallest absolute Gasteiger partial charge is 0.185 e. The molecule has 0 spiro atoms. The zero-order valence-corrected chi connectivity index (χ0v) is 13.6. The van der Waals surface area contributed by atoms with Crippen LogP contribution in [0.2, 0.25) is 0 Å². The minimum Gasteiger partial charge on any atom is -0.312 e. The number of rotatable bonds is 5. The summed E-state index contributed by atoms with van der Waals surface area (Å²) in [6.07, 6.45) is 1.60. The van der Waals surface area contributed by atoms with Crippen LogP contribution in [0, 0.1) is 20.8 Å². The first-order valence-corrected chi connectivity index (χ1v) is 7.73. The number of hydrogen-bond donors (Lipinski definition) is 1. The van der Waals surface area contributed by atoms with Gasteiger partial charge in [-0.2, -0.15) is 5.10 Å². The van der Waals surface area contributed by atoms with Gasteiger partial charge in [-0.25, -0.2) is 9.67 Å². The van der Waals surface area contributed by atoms with Gasteiger partial charge >= 0.3 is 0 Å². The Balaban J connectivity index is 2.18. The second kappa shape index (κ2) is 6.41. The highest BCUT2D eigenvalue weighted by atomic mass is 32.2. The first-order chi connectivity index (χ1) is 9.52. The normalized spacial score (nSPS) is 12.7. The van der Waals surface area contributed by atoms with Gasteiger partial charge in [0.05, 0.1) is 0 Å². The molecule has 2 rings (SSSR count). The fourth-order valence-corrected chi connectivity index (χ4v) is 3.63. The molecule has 1 N–H and O–H groups in total. The summed E-state index contributed by atoms with van der Waals surface area (Å²) in [6.45, 7) is 6.52. The SMILES string of the molecule is CNC(CSc1ncnn1C)c1c(C)cc(C)cc1C. The maximum absolute atomic E-state index is 4.26. The molecule has 1 unspecified atom stereocenters. The molecule has 0 bridgehead atoms. The molecule has 2 aromatic rings. The summed E-state index contributed by atoms with van der Waals surface area (Å²) in [5.74, 6) is 0.938. The number of thioether (sulfide) groups is 1. The molecule has 1 aromatic heterocycles.